The highest BCUT2D eigenvalue weighted by molar-refractivity contribution is 9.10. The summed E-state index contributed by atoms with van der Waals surface area (Å²) >= 11 is 3.41. The standard InChI is InChI=1S/C29H34BrN3O5S/c1-21(28(35)31-29(2,3)4)32(19-22-11-13-23(30)14-12-22)27(34)20-33(24-9-7-6-8-10-24)39(36,37)26-17-15-25(38-5)16-18-26/h6-18,21H,19-20H2,1-5H3,(H,31,35)/t21-/m1/s1. The molecule has 0 aliphatic heterocycles. The summed E-state index contributed by atoms with van der Waals surface area (Å²) in [6, 6.07) is 20.9. The molecule has 0 saturated heterocycles. The SMILES string of the molecule is COc1ccc(S(=O)(=O)N(CC(=O)N(Cc2ccc(Br)cc2)[C@H](C)C(=O)NC(C)(C)C)c2ccccc2)cc1. The molecule has 0 aliphatic rings. The molecule has 0 spiro atoms. The van der Waals surface area contributed by atoms with E-state index in [4.69, 9.17) is 4.74 Å². The molecule has 208 valence electrons. The maximum atomic E-state index is 13.9. The van der Waals surface area contributed by atoms with E-state index in [1.807, 2.05) is 45.0 Å². The largest absolute Gasteiger partial charge is 0.497 e. The lowest BCUT2D eigenvalue weighted by Gasteiger charge is -2.33. The number of rotatable bonds is 10. The van der Waals surface area contributed by atoms with Crippen molar-refractivity contribution in [2.75, 3.05) is 18.0 Å². The van der Waals surface area contributed by atoms with Gasteiger partial charge in [-0.1, -0.05) is 46.3 Å². The number of hydrogen-bond acceptors (Lipinski definition) is 5. The van der Waals surface area contributed by atoms with E-state index in [1.54, 1.807) is 49.4 Å². The Kier molecular flexibility index (Phi) is 9.79. The third-order valence-electron chi connectivity index (χ3n) is 5.90. The highest BCUT2D eigenvalue weighted by Crippen LogP contribution is 2.26. The van der Waals surface area contributed by atoms with Gasteiger partial charge in [0.15, 0.2) is 0 Å². The van der Waals surface area contributed by atoms with E-state index in [1.165, 1.54) is 24.1 Å². The van der Waals surface area contributed by atoms with Gasteiger partial charge < -0.3 is 15.0 Å². The van der Waals surface area contributed by atoms with Gasteiger partial charge in [-0.05, 0) is 81.8 Å². The van der Waals surface area contributed by atoms with Crippen molar-refractivity contribution in [2.45, 2.75) is 50.7 Å². The number of methoxy groups -OCH3 is 1. The predicted molar refractivity (Wildman–Crippen MR) is 156 cm³/mol. The molecule has 3 aromatic carbocycles. The lowest BCUT2D eigenvalue weighted by Crippen LogP contribution is -2.54. The number of halogens is 1. The van der Waals surface area contributed by atoms with Crippen LogP contribution in [0.25, 0.3) is 0 Å². The molecule has 39 heavy (non-hydrogen) atoms. The molecule has 8 nitrogen and oxygen atoms in total. The van der Waals surface area contributed by atoms with E-state index in [-0.39, 0.29) is 17.3 Å². The van der Waals surface area contributed by atoms with E-state index < -0.39 is 34.1 Å². The van der Waals surface area contributed by atoms with E-state index in [9.17, 15) is 18.0 Å². The Morgan fingerprint density at radius 3 is 2.08 bits per heavy atom. The first-order valence-corrected chi connectivity index (χ1v) is 14.6. The third kappa shape index (κ3) is 8.06. The number of nitrogens with one attached hydrogen (secondary N) is 1. The van der Waals surface area contributed by atoms with Gasteiger partial charge >= 0.3 is 0 Å². The summed E-state index contributed by atoms with van der Waals surface area (Å²) in [6.45, 7) is 6.84. The molecule has 1 atom stereocenters. The fourth-order valence-electron chi connectivity index (χ4n) is 3.84. The summed E-state index contributed by atoms with van der Waals surface area (Å²) in [5.74, 6) is -0.344. The van der Waals surface area contributed by atoms with Crippen molar-refractivity contribution in [2.24, 2.45) is 0 Å². The van der Waals surface area contributed by atoms with Gasteiger partial charge in [-0.2, -0.15) is 0 Å². The van der Waals surface area contributed by atoms with Crippen LogP contribution in [0.5, 0.6) is 5.75 Å². The summed E-state index contributed by atoms with van der Waals surface area (Å²) in [5.41, 5.74) is 0.620. The molecule has 1 N–H and O–H groups in total. The molecule has 0 saturated carbocycles. The number of benzene rings is 3. The molecule has 0 aliphatic carbocycles. The van der Waals surface area contributed by atoms with Crippen LogP contribution in [0.2, 0.25) is 0 Å². The molecule has 0 fully saturated rings. The summed E-state index contributed by atoms with van der Waals surface area (Å²) in [4.78, 5) is 28.4. The molecule has 0 unspecified atom stereocenters. The zero-order chi connectivity index (χ0) is 28.8. The first-order chi connectivity index (χ1) is 18.3. The van der Waals surface area contributed by atoms with Crippen LogP contribution in [-0.2, 0) is 26.2 Å². The number of amides is 2. The summed E-state index contributed by atoms with van der Waals surface area (Å²) in [5, 5.41) is 2.92. The van der Waals surface area contributed by atoms with Crippen LogP contribution in [0.15, 0.2) is 88.2 Å². The molecule has 3 rings (SSSR count). The van der Waals surface area contributed by atoms with Crippen LogP contribution < -0.4 is 14.4 Å². The van der Waals surface area contributed by atoms with Gasteiger partial charge in [0.2, 0.25) is 11.8 Å². The highest BCUT2D eigenvalue weighted by atomic mass is 79.9. The highest BCUT2D eigenvalue weighted by Gasteiger charge is 2.33. The van der Waals surface area contributed by atoms with Gasteiger partial charge in [-0.3, -0.25) is 13.9 Å². The first-order valence-electron chi connectivity index (χ1n) is 12.4. The Bertz CT molecular complexity index is 1370. The van der Waals surface area contributed by atoms with Crippen molar-refractivity contribution >= 4 is 43.5 Å². The van der Waals surface area contributed by atoms with Crippen molar-refractivity contribution in [3.05, 3.63) is 88.9 Å². The lowest BCUT2D eigenvalue weighted by molar-refractivity contribution is -0.140. The van der Waals surface area contributed by atoms with E-state index in [2.05, 4.69) is 21.2 Å². The predicted octanol–water partition coefficient (Wildman–Crippen LogP) is 4.99. The number of nitrogens with zero attached hydrogens (tertiary/aromatic N) is 2. The Hall–Kier alpha value is -3.37. The molecule has 0 radical (unpaired) electrons. The van der Waals surface area contributed by atoms with Crippen LogP contribution in [0.4, 0.5) is 5.69 Å². The molecule has 2 amide bonds. The quantitative estimate of drug-likeness (QED) is 0.347. The minimum absolute atomic E-state index is 0.0120. The first kappa shape index (κ1) is 30.2. The molecule has 10 heteroatoms. The minimum Gasteiger partial charge on any atom is -0.497 e. The van der Waals surface area contributed by atoms with Gasteiger partial charge in [0.05, 0.1) is 17.7 Å². The Balaban J connectivity index is 2.00. The Labute approximate surface area is 239 Å². The second-order valence-corrected chi connectivity index (χ2v) is 12.9. The molecule has 3 aromatic rings. The molecule has 0 bridgehead atoms. The topological polar surface area (TPSA) is 96.0 Å². The van der Waals surface area contributed by atoms with Crippen LogP contribution in [-0.4, -0.2) is 50.4 Å². The molecule has 0 heterocycles. The number of hydrogen-bond donors (Lipinski definition) is 1. The van der Waals surface area contributed by atoms with Crippen molar-refractivity contribution in [3.63, 3.8) is 0 Å². The van der Waals surface area contributed by atoms with Crippen molar-refractivity contribution in [1.82, 2.24) is 10.2 Å². The third-order valence-corrected chi connectivity index (χ3v) is 8.22. The second-order valence-electron chi connectivity index (χ2n) is 10.1. The number of anilines is 1. The smallest absolute Gasteiger partial charge is 0.264 e. The van der Waals surface area contributed by atoms with E-state index in [0.717, 1.165) is 14.3 Å². The number of ether oxygens (including phenoxy) is 1. The average Bonchev–Trinajstić information content (AvgIpc) is 2.90. The minimum atomic E-state index is -4.14. The number of para-hydroxylation sites is 1. The van der Waals surface area contributed by atoms with Crippen molar-refractivity contribution in [3.8, 4) is 5.75 Å². The number of carbonyl (C=O) groups excluding carboxylic acids is 2. The van der Waals surface area contributed by atoms with Gasteiger partial charge in [-0.15, -0.1) is 0 Å². The monoisotopic (exact) mass is 615 g/mol. The second kappa shape index (κ2) is 12.7. The van der Waals surface area contributed by atoms with E-state index in [0.29, 0.717) is 11.4 Å². The van der Waals surface area contributed by atoms with Crippen molar-refractivity contribution < 1.29 is 22.7 Å². The summed E-state index contributed by atoms with van der Waals surface area (Å²) < 4.78 is 34.7. The fourth-order valence-corrected chi connectivity index (χ4v) is 5.52. The van der Waals surface area contributed by atoms with Crippen molar-refractivity contribution in [1.29, 1.82) is 0 Å². The van der Waals surface area contributed by atoms with Crippen LogP contribution >= 0.6 is 15.9 Å². The zero-order valence-electron chi connectivity index (χ0n) is 22.7. The van der Waals surface area contributed by atoms with Gasteiger partial charge in [0, 0.05) is 16.6 Å². The molecule has 0 aromatic heterocycles. The van der Waals surface area contributed by atoms with Crippen LogP contribution in [0.3, 0.4) is 0 Å². The molecular weight excluding hydrogens is 582 g/mol. The summed E-state index contributed by atoms with van der Waals surface area (Å²) in [7, 11) is -2.64. The van der Waals surface area contributed by atoms with Crippen LogP contribution in [0, 0.1) is 0 Å². The van der Waals surface area contributed by atoms with E-state index >= 15 is 0 Å². The lowest BCUT2D eigenvalue weighted by atomic mass is 10.1. The molecular formula is C29H34BrN3O5S. The van der Waals surface area contributed by atoms with Gasteiger partial charge in [-0.25, -0.2) is 8.42 Å². The van der Waals surface area contributed by atoms with Gasteiger partial charge in [0.25, 0.3) is 10.0 Å². The average molecular weight is 617 g/mol. The normalized spacial score (nSPS) is 12.4. The maximum Gasteiger partial charge on any atom is 0.264 e. The Morgan fingerprint density at radius 1 is 0.949 bits per heavy atom. The van der Waals surface area contributed by atoms with Crippen LogP contribution in [0.1, 0.15) is 33.3 Å². The Morgan fingerprint density at radius 2 is 1.54 bits per heavy atom. The zero-order valence-corrected chi connectivity index (χ0v) is 25.1. The maximum absolute atomic E-state index is 13.9. The summed E-state index contributed by atoms with van der Waals surface area (Å²) in [6.07, 6.45) is 0. The number of carbonyl (C=O) groups is 2. The fraction of sp³-hybridized carbons (Fsp3) is 0.310. The number of sulfonamides is 1. The van der Waals surface area contributed by atoms with Gasteiger partial charge in [0.1, 0.15) is 18.3 Å².